The van der Waals surface area contributed by atoms with Crippen molar-refractivity contribution in [3.05, 3.63) is 53.6 Å². The van der Waals surface area contributed by atoms with Crippen LogP contribution >= 0.6 is 0 Å². The topological polar surface area (TPSA) is 66.0 Å². The van der Waals surface area contributed by atoms with Crippen molar-refractivity contribution in [2.45, 2.75) is 52.0 Å². The monoisotopic (exact) mass is 385 g/mol. The van der Waals surface area contributed by atoms with Gasteiger partial charge in [0.2, 0.25) is 0 Å². The largest absolute Gasteiger partial charge is 0.497 e. The summed E-state index contributed by atoms with van der Waals surface area (Å²) in [6, 6.07) is 13.4. The quantitative estimate of drug-likeness (QED) is 0.832. The van der Waals surface area contributed by atoms with E-state index in [1.807, 2.05) is 70.2 Å². The van der Waals surface area contributed by atoms with Crippen LogP contribution in [-0.2, 0) is 11.3 Å². The first kappa shape index (κ1) is 19.9. The van der Waals surface area contributed by atoms with Crippen molar-refractivity contribution in [1.29, 1.82) is 0 Å². The molecule has 6 nitrogen and oxygen atoms in total. The SMILES string of the molecule is COc1ccc(C2Oc3ccc(CNC(=O)OC(C)(C)C)cc3OC2C)cc1. The van der Waals surface area contributed by atoms with Gasteiger partial charge in [0.1, 0.15) is 17.5 Å². The van der Waals surface area contributed by atoms with Crippen LogP contribution in [0.3, 0.4) is 0 Å². The Morgan fingerprint density at radius 1 is 1.07 bits per heavy atom. The molecule has 2 aromatic carbocycles. The number of carbonyl (C=O) groups excluding carboxylic acids is 1. The molecule has 0 fully saturated rings. The summed E-state index contributed by atoms with van der Waals surface area (Å²) in [7, 11) is 1.64. The maximum atomic E-state index is 11.8. The fourth-order valence-electron chi connectivity index (χ4n) is 2.97. The summed E-state index contributed by atoms with van der Waals surface area (Å²) in [5.41, 5.74) is 1.40. The first-order valence-electron chi connectivity index (χ1n) is 9.32. The van der Waals surface area contributed by atoms with Crippen LogP contribution in [0.2, 0.25) is 0 Å². The van der Waals surface area contributed by atoms with Crippen molar-refractivity contribution < 1.29 is 23.7 Å². The summed E-state index contributed by atoms with van der Waals surface area (Å²) in [6.45, 7) is 7.82. The van der Waals surface area contributed by atoms with E-state index in [-0.39, 0.29) is 12.2 Å². The minimum absolute atomic E-state index is 0.157. The van der Waals surface area contributed by atoms with E-state index in [1.54, 1.807) is 7.11 Å². The molecular formula is C22H27NO5. The molecule has 2 aromatic rings. The highest BCUT2D eigenvalue weighted by Gasteiger charge is 2.30. The highest BCUT2D eigenvalue weighted by Crippen LogP contribution is 2.40. The van der Waals surface area contributed by atoms with Crippen molar-refractivity contribution >= 4 is 6.09 Å². The summed E-state index contributed by atoms with van der Waals surface area (Å²) in [5.74, 6) is 2.15. The van der Waals surface area contributed by atoms with Crippen molar-refractivity contribution in [3.8, 4) is 17.2 Å². The maximum Gasteiger partial charge on any atom is 0.407 e. The molecule has 0 saturated heterocycles. The lowest BCUT2D eigenvalue weighted by Crippen LogP contribution is -2.32. The smallest absolute Gasteiger partial charge is 0.407 e. The highest BCUT2D eigenvalue weighted by atomic mass is 16.6. The average Bonchev–Trinajstić information content (AvgIpc) is 2.64. The Bertz CT molecular complexity index is 826. The molecular weight excluding hydrogens is 358 g/mol. The summed E-state index contributed by atoms with van der Waals surface area (Å²) in [6.07, 6.45) is -0.811. The van der Waals surface area contributed by atoms with Gasteiger partial charge in [-0.3, -0.25) is 0 Å². The van der Waals surface area contributed by atoms with Gasteiger partial charge in [0.15, 0.2) is 17.6 Å². The molecule has 0 aromatic heterocycles. The van der Waals surface area contributed by atoms with E-state index in [2.05, 4.69) is 5.32 Å². The Morgan fingerprint density at radius 2 is 1.79 bits per heavy atom. The zero-order valence-electron chi connectivity index (χ0n) is 16.9. The number of benzene rings is 2. The molecule has 1 heterocycles. The van der Waals surface area contributed by atoms with Crippen molar-refractivity contribution in [2.75, 3.05) is 7.11 Å². The molecule has 2 atom stereocenters. The number of hydrogen-bond acceptors (Lipinski definition) is 5. The van der Waals surface area contributed by atoms with E-state index in [1.165, 1.54) is 0 Å². The number of methoxy groups -OCH3 is 1. The van der Waals surface area contributed by atoms with Crippen LogP contribution in [0.25, 0.3) is 0 Å². The lowest BCUT2D eigenvalue weighted by atomic mass is 10.0. The van der Waals surface area contributed by atoms with Gasteiger partial charge in [-0.2, -0.15) is 0 Å². The molecule has 0 saturated carbocycles. The van der Waals surface area contributed by atoms with Crippen molar-refractivity contribution in [3.63, 3.8) is 0 Å². The lowest BCUT2D eigenvalue weighted by Gasteiger charge is -2.32. The number of alkyl carbamates (subject to hydrolysis) is 1. The van der Waals surface area contributed by atoms with Gasteiger partial charge < -0.3 is 24.3 Å². The molecule has 0 radical (unpaired) electrons. The van der Waals surface area contributed by atoms with Gasteiger partial charge in [0, 0.05) is 6.54 Å². The van der Waals surface area contributed by atoms with E-state index in [0.717, 1.165) is 16.9 Å². The Balaban J connectivity index is 1.67. The first-order valence-corrected chi connectivity index (χ1v) is 9.32. The van der Waals surface area contributed by atoms with Gasteiger partial charge in [-0.05, 0) is 63.1 Å². The van der Waals surface area contributed by atoms with Crippen LogP contribution in [0.5, 0.6) is 17.2 Å². The second-order valence-corrected chi connectivity index (χ2v) is 7.77. The summed E-state index contributed by atoms with van der Waals surface area (Å²) < 4.78 is 22.7. The zero-order valence-corrected chi connectivity index (χ0v) is 16.9. The van der Waals surface area contributed by atoms with Gasteiger partial charge in [-0.15, -0.1) is 0 Å². The molecule has 0 spiro atoms. The number of rotatable bonds is 4. The van der Waals surface area contributed by atoms with Gasteiger partial charge in [0.05, 0.1) is 7.11 Å². The van der Waals surface area contributed by atoms with Crippen LogP contribution in [0.1, 0.15) is 44.9 Å². The summed E-state index contributed by atoms with van der Waals surface area (Å²) >= 11 is 0. The molecule has 2 unspecified atom stereocenters. The number of fused-ring (bicyclic) bond motifs is 1. The molecule has 1 aliphatic rings. The lowest BCUT2D eigenvalue weighted by molar-refractivity contribution is 0.0305. The minimum atomic E-state index is -0.525. The molecule has 1 aliphatic heterocycles. The molecule has 6 heteroatoms. The highest BCUT2D eigenvalue weighted by molar-refractivity contribution is 5.67. The number of nitrogens with one attached hydrogen (secondary N) is 1. The van der Waals surface area contributed by atoms with E-state index in [9.17, 15) is 4.79 Å². The van der Waals surface area contributed by atoms with Crippen LogP contribution in [0.4, 0.5) is 4.79 Å². The summed E-state index contributed by atoms with van der Waals surface area (Å²) in [4.78, 5) is 11.8. The average molecular weight is 385 g/mol. The number of amides is 1. The molecule has 1 N–H and O–H groups in total. The molecule has 0 aliphatic carbocycles. The molecule has 0 bridgehead atoms. The first-order chi connectivity index (χ1) is 13.2. The van der Waals surface area contributed by atoms with E-state index in [4.69, 9.17) is 18.9 Å². The second kappa shape index (κ2) is 8.00. The fourth-order valence-corrected chi connectivity index (χ4v) is 2.97. The normalized spacial score (nSPS) is 18.3. The maximum absolute atomic E-state index is 11.8. The molecule has 28 heavy (non-hydrogen) atoms. The molecule has 3 rings (SSSR count). The Labute approximate surface area is 165 Å². The van der Waals surface area contributed by atoms with Crippen LogP contribution in [0, 0.1) is 0 Å². The Morgan fingerprint density at radius 3 is 2.43 bits per heavy atom. The Kier molecular flexibility index (Phi) is 5.68. The van der Waals surface area contributed by atoms with Gasteiger partial charge in [-0.25, -0.2) is 4.79 Å². The predicted molar refractivity (Wildman–Crippen MR) is 106 cm³/mol. The number of hydrogen-bond donors (Lipinski definition) is 1. The van der Waals surface area contributed by atoms with Crippen molar-refractivity contribution in [1.82, 2.24) is 5.32 Å². The van der Waals surface area contributed by atoms with E-state index in [0.29, 0.717) is 18.0 Å². The number of ether oxygens (including phenoxy) is 4. The van der Waals surface area contributed by atoms with E-state index >= 15 is 0 Å². The molecule has 150 valence electrons. The predicted octanol–water partition coefficient (Wildman–Crippen LogP) is 4.62. The second-order valence-electron chi connectivity index (χ2n) is 7.77. The van der Waals surface area contributed by atoms with Crippen LogP contribution in [-0.4, -0.2) is 24.9 Å². The Hall–Kier alpha value is -2.89. The number of carbonyl (C=O) groups is 1. The molecule has 1 amide bonds. The van der Waals surface area contributed by atoms with Gasteiger partial charge in [0.25, 0.3) is 0 Å². The third kappa shape index (κ3) is 4.88. The van der Waals surface area contributed by atoms with Crippen LogP contribution < -0.4 is 19.5 Å². The van der Waals surface area contributed by atoms with Crippen molar-refractivity contribution in [2.24, 2.45) is 0 Å². The van der Waals surface area contributed by atoms with Gasteiger partial charge >= 0.3 is 6.09 Å². The third-order valence-electron chi connectivity index (χ3n) is 4.28. The van der Waals surface area contributed by atoms with Gasteiger partial charge in [-0.1, -0.05) is 18.2 Å². The summed E-state index contributed by atoms with van der Waals surface area (Å²) in [5, 5.41) is 2.75. The minimum Gasteiger partial charge on any atom is -0.497 e. The third-order valence-corrected chi connectivity index (χ3v) is 4.28. The zero-order chi connectivity index (χ0) is 20.3. The van der Waals surface area contributed by atoms with Crippen LogP contribution in [0.15, 0.2) is 42.5 Å². The standard InChI is InChI=1S/C22H27NO5/c1-14-20(16-7-9-17(25-5)10-8-16)27-18-11-6-15(12-19(18)26-14)13-23-21(24)28-22(2,3)4/h6-12,14,20H,13H2,1-5H3,(H,23,24). The fraction of sp³-hybridized carbons (Fsp3) is 0.409. The van der Waals surface area contributed by atoms with E-state index < -0.39 is 11.7 Å².